The van der Waals surface area contributed by atoms with E-state index in [9.17, 15) is 14.4 Å². The summed E-state index contributed by atoms with van der Waals surface area (Å²) in [6.07, 6.45) is -1.31. The third-order valence-electron chi connectivity index (χ3n) is 5.80. The maximum absolute atomic E-state index is 12.9. The third kappa shape index (κ3) is 6.09. The van der Waals surface area contributed by atoms with Crippen LogP contribution in [0, 0.1) is 6.92 Å². The molecule has 3 aromatic rings. The summed E-state index contributed by atoms with van der Waals surface area (Å²) in [7, 11) is 1.59. The monoisotopic (exact) mass is 539 g/mol. The first-order valence-electron chi connectivity index (χ1n) is 11.7. The highest BCUT2D eigenvalue weighted by Crippen LogP contribution is 2.34. The zero-order valence-corrected chi connectivity index (χ0v) is 21.5. The molecule has 2 aromatic carbocycles. The van der Waals surface area contributed by atoms with Crippen LogP contribution in [0.4, 0.5) is 4.79 Å². The van der Waals surface area contributed by atoms with Crippen molar-refractivity contribution < 1.29 is 24.2 Å². The van der Waals surface area contributed by atoms with Gasteiger partial charge in [-0.1, -0.05) is 23.7 Å². The summed E-state index contributed by atoms with van der Waals surface area (Å²) >= 11 is 6.12. The summed E-state index contributed by atoms with van der Waals surface area (Å²) in [4.78, 5) is 40.0. The summed E-state index contributed by atoms with van der Waals surface area (Å²) < 4.78 is 7.35. The standard InChI is InChI=1S/C25H26ClN7O5/c1-14-31-32-24-19(12-21(34)27-9-10-28-22(35)13-29-25(36)37)30-23(15-3-5-16(26)6-4-15)18-11-17(38-2)7-8-20(18)33(14)24/h3-8,11,19,29H,9-10,12-13H2,1-2H3,(H,27,34)(H,28,35)(H,36,37). The number of aliphatic imine (C=N–C) groups is 1. The minimum absolute atomic E-state index is 0.0190. The molecule has 4 rings (SSSR count). The Labute approximate surface area is 223 Å². The van der Waals surface area contributed by atoms with Crippen molar-refractivity contribution in [3.8, 4) is 11.4 Å². The number of rotatable bonds is 9. The highest BCUT2D eigenvalue weighted by Gasteiger charge is 2.30. The number of methoxy groups -OCH3 is 1. The number of ether oxygens (including phenoxy) is 1. The highest BCUT2D eigenvalue weighted by molar-refractivity contribution is 6.30. The number of fused-ring (bicyclic) bond motifs is 3. The molecule has 12 nitrogen and oxygen atoms in total. The number of carboxylic acid groups (broad SMARTS) is 1. The largest absolute Gasteiger partial charge is 0.497 e. The van der Waals surface area contributed by atoms with Gasteiger partial charge in [0, 0.05) is 29.2 Å². The fourth-order valence-electron chi connectivity index (χ4n) is 4.05. The second-order valence-electron chi connectivity index (χ2n) is 8.39. The van der Waals surface area contributed by atoms with E-state index < -0.39 is 18.0 Å². The smallest absolute Gasteiger partial charge is 0.405 e. The molecule has 4 N–H and O–H groups in total. The molecule has 0 saturated heterocycles. The maximum Gasteiger partial charge on any atom is 0.405 e. The molecule has 1 unspecified atom stereocenters. The number of carbonyl (C=O) groups is 3. The molecule has 0 fully saturated rings. The predicted molar refractivity (Wildman–Crippen MR) is 139 cm³/mol. The number of aryl methyl sites for hydroxylation is 1. The van der Waals surface area contributed by atoms with E-state index in [-0.39, 0.29) is 32.0 Å². The topological polar surface area (TPSA) is 160 Å². The minimum Gasteiger partial charge on any atom is -0.497 e. The number of amides is 3. The van der Waals surface area contributed by atoms with Gasteiger partial charge in [-0.05, 0) is 37.3 Å². The fourth-order valence-corrected chi connectivity index (χ4v) is 4.17. The van der Waals surface area contributed by atoms with Gasteiger partial charge in [-0.15, -0.1) is 10.2 Å². The number of hydrogen-bond acceptors (Lipinski definition) is 7. The van der Waals surface area contributed by atoms with Gasteiger partial charge in [0.05, 0.1) is 31.5 Å². The third-order valence-corrected chi connectivity index (χ3v) is 6.05. The van der Waals surface area contributed by atoms with Crippen LogP contribution in [0.15, 0.2) is 47.5 Å². The Morgan fingerprint density at radius 3 is 2.42 bits per heavy atom. The van der Waals surface area contributed by atoms with Gasteiger partial charge in [-0.25, -0.2) is 4.79 Å². The molecular formula is C25H26ClN7O5. The number of hydrogen-bond donors (Lipinski definition) is 4. The highest BCUT2D eigenvalue weighted by atomic mass is 35.5. The predicted octanol–water partition coefficient (Wildman–Crippen LogP) is 2.02. The Morgan fingerprint density at radius 2 is 1.74 bits per heavy atom. The quantitative estimate of drug-likeness (QED) is 0.302. The van der Waals surface area contributed by atoms with Crippen molar-refractivity contribution in [2.24, 2.45) is 4.99 Å². The van der Waals surface area contributed by atoms with Gasteiger partial charge in [-0.3, -0.25) is 19.1 Å². The SMILES string of the molecule is COc1ccc2c(c1)C(c1ccc(Cl)cc1)=NC(CC(=O)NCCNC(=O)CNC(=O)O)c1nnc(C)n1-2. The van der Waals surface area contributed by atoms with E-state index in [1.165, 1.54) is 0 Å². The summed E-state index contributed by atoms with van der Waals surface area (Å²) in [6, 6.07) is 12.3. The van der Waals surface area contributed by atoms with Crippen molar-refractivity contribution in [3.63, 3.8) is 0 Å². The van der Waals surface area contributed by atoms with Crippen LogP contribution in [0.5, 0.6) is 5.75 Å². The Bertz CT molecular complexity index is 1390. The van der Waals surface area contributed by atoms with Crippen LogP contribution < -0.4 is 20.7 Å². The molecule has 1 aliphatic heterocycles. The van der Waals surface area contributed by atoms with Gasteiger partial charge in [-0.2, -0.15) is 0 Å². The van der Waals surface area contributed by atoms with E-state index in [0.717, 1.165) is 16.8 Å². The second-order valence-corrected chi connectivity index (χ2v) is 8.82. The van der Waals surface area contributed by atoms with Crippen molar-refractivity contribution >= 4 is 35.2 Å². The number of carbonyl (C=O) groups excluding carboxylic acids is 2. The first kappa shape index (κ1) is 26.6. The number of nitrogens with zero attached hydrogens (tertiary/aromatic N) is 4. The van der Waals surface area contributed by atoms with Crippen LogP contribution in [0.2, 0.25) is 5.02 Å². The van der Waals surface area contributed by atoms with Gasteiger partial charge in [0.2, 0.25) is 11.8 Å². The number of nitrogens with one attached hydrogen (secondary N) is 3. The molecular weight excluding hydrogens is 514 g/mol. The minimum atomic E-state index is -1.29. The molecule has 0 saturated carbocycles. The van der Waals surface area contributed by atoms with E-state index in [0.29, 0.717) is 28.1 Å². The van der Waals surface area contributed by atoms with Crippen molar-refractivity contribution in [1.29, 1.82) is 0 Å². The Kier molecular flexibility index (Phi) is 8.22. The summed E-state index contributed by atoms with van der Waals surface area (Å²) in [5.41, 5.74) is 3.05. The molecule has 0 bridgehead atoms. The van der Waals surface area contributed by atoms with Crippen molar-refractivity contribution in [3.05, 3.63) is 70.3 Å². The average Bonchev–Trinajstić information content (AvgIpc) is 3.22. The molecule has 198 valence electrons. The van der Waals surface area contributed by atoms with Gasteiger partial charge in [0.25, 0.3) is 0 Å². The first-order valence-corrected chi connectivity index (χ1v) is 12.1. The molecule has 1 atom stereocenters. The Balaban J connectivity index is 1.59. The number of benzene rings is 2. The van der Waals surface area contributed by atoms with E-state index in [1.807, 2.05) is 47.1 Å². The molecule has 1 aliphatic rings. The summed E-state index contributed by atoms with van der Waals surface area (Å²) in [5, 5.41) is 25.0. The molecule has 0 spiro atoms. The van der Waals surface area contributed by atoms with Crippen molar-refractivity contribution in [2.45, 2.75) is 19.4 Å². The molecule has 13 heteroatoms. The van der Waals surface area contributed by atoms with Crippen LogP contribution in [0.1, 0.15) is 35.2 Å². The average molecular weight is 540 g/mol. The zero-order valence-electron chi connectivity index (χ0n) is 20.7. The second kappa shape index (κ2) is 11.7. The van der Waals surface area contributed by atoms with Crippen molar-refractivity contribution in [1.82, 2.24) is 30.7 Å². The Morgan fingerprint density at radius 1 is 1.03 bits per heavy atom. The number of halogens is 1. The molecule has 1 aromatic heterocycles. The normalized spacial score (nSPS) is 13.9. The van der Waals surface area contributed by atoms with Crippen LogP contribution >= 0.6 is 11.6 Å². The lowest BCUT2D eigenvalue weighted by Crippen LogP contribution is -2.40. The van der Waals surface area contributed by atoms with Crippen LogP contribution in [-0.4, -0.2) is 70.2 Å². The van der Waals surface area contributed by atoms with E-state index in [1.54, 1.807) is 19.2 Å². The van der Waals surface area contributed by atoms with E-state index in [4.69, 9.17) is 26.4 Å². The van der Waals surface area contributed by atoms with Crippen LogP contribution in [-0.2, 0) is 9.59 Å². The fraction of sp³-hybridized carbons (Fsp3) is 0.280. The van der Waals surface area contributed by atoms with Crippen molar-refractivity contribution in [2.75, 3.05) is 26.7 Å². The molecule has 2 heterocycles. The van der Waals surface area contributed by atoms with Gasteiger partial charge in [0.15, 0.2) is 5.82 Å². The summed E-state index contributed by atoms with van der Waals surface area (Å²) in [6.45, 7) is 1.75. The first-order chi connectivity index (χ1) is 18.3. The number of aromatic nitrogens is 3. The van der Waals surface area contributed by atoms with Crippen LogP contribution in [0.25, 0.3) is 5.69 Å². The lowest BCUT2D eigenvalue weighted by Gasteiger charge is -2.14. The molecule has 0 aliphatic carbocycles. The van der Waals surface area contributed by atoms with Crippen LogP contribution in [0.3, 0.4) is 0 Å². The molecule has 3 amide bonds. The lowest BCUT2D eigenvalue weighted by atomic mass is 10.00. The van der Waals surface area contributed by atoms with Gasteiger partial charge in [0.1, 0.15) is 17.6 Å². The lowest BCUT2D eigenvalue weighted by molar-refractivity contribution is -0.122. The molecule has 0 radical (unpaired) electrons. The van der Waals surface area contributed by atoms with Gasteiger partial charge < -0.3 is 25.8 Å². The van der Waals surface area contributed by atoms with E-state index in [2.05, 4.69) is 20.8 Å². The molecule has 38 heavy (non-hydrogen) atoms. The van der Waals surface area contributed by atoms with Gasteiger partial charge >= 0.3 is 6.09 Å². The van der Waals surface area contributed by atoms with E-state index >= 15 is 0 Å². The zero-order chi connectivity index (χ0) is 27.2. The Hall–Kier alpha value is -4.45. The summed E-state index contributed by atoms with van der Waals surface area (Å²) in [5.74, 6) is 1.000. The maximum atomic E-state index is 12.9.